The van der Waals surface area contributed by atoms with Crippen LogP contribution < -0.4 is 0 Å². The first kappa shape index (κ1) is 36.0. The van der Waals surface area contributed by atoms with Gasteiger partial charge in [-0.1, -0.05) is 0 Å². The first-order valence-electron chi connectivity index (χ1n) is 2.53. The molecule has 0 rings (SSSR count). The molecular formula is C4H10NaO11S2. The summed E-state index contributed by atoms with van der Waals surface area (Å²) in [5.74, 6) is 0. The van der Waals surface area contributed by atoms with Crippen LogP contribution in [0.4, 0.5) is 19.2 Å². The van der Waals surface area contributed by atoms with Crippen LogP contribution >= 0.6 is 23.5 Å². The molecule has 0 aliphatic heterocycles. The molecule has 0 heterocycles. The summed E-state index contributed by atoms with van der Waals surface area (Å²) in [4.78, 5) is 37.6. The van der Waals surface area contributed by atoms with Crippen LogP contribution in [0, 0.1) is 0 Å². The molecular weight excluding hydrogens is 311 g/mol. The normalized spacial score (nSPS) is 6.22. The van der Waals surface area contributed by atoms with Crippen molar-refractivity contribution in [3.05, 3.63) is 0 Å². The maximum absolute atomic E-state index is 9.39. The fraction of sp³-hybridized carbons (Fsp3) is 0. The third-order valence-corrected chi connectivity index (χ3v) is 1.05. The van der Waals surface area contributed by atoms with Crippen LogP contribution in [0.3, 0.4) is 0 Å². The Labute approximate surface area is 130 Å². The molecule has 0 unspecified atom stereocenters. The van der Waals surface area contributed by atoms with E-state index in [0.29, 0.717) is 0 Å². The molecule has 10 N–H and O–H groups in total. The monoisotopic (exact) mass is 321 g/mol. The number of hydrogen-bond donors (Lipinski definition) is 4. The van der Waals surface area contributed by atoms with E-state index in [0.717, 1.165) is 0 Å². The standard InChI is InChI=1S/2C2H2O4S.Na.3H2O/c2*3-1(4)7-2(5)6;;;;/h2*(H,3,4)(H,5,6);;3*1H2. The Morgan fingerprint density at radius 1 is 0.556 bits per heavy atom. The number of hydrogen-bond acceptors (Lipinski definition) is 6. The summed E-state index contributed by atoms with van der Waals surface area (Å²) in [6, 6.07) is 0. The van der Waals surface area contributed by atoms with Crippen molar-refractivity contribution < 1.29 is 56.0 Å². The molecule has 0 aliphatic carbocycles. The minimum atomic E-state index is -1.40. The maximum atomic E-state index is 9.39. The van der Waals surface area contributed by atoms with Crippen molar-refractivity contribution >= 4 is 74.3 Å². The molecule has 14 heteroatoms. The molecule has 0 fully saturated rings. The van der Waals surface area contributed by atoms with Gasteiger partial charge in [0.15, 0.2) is 0 Å². The average molecular weight is 321 g/mol. The fourth-order valence-electron chi connectivity index (χ4n) is 0.149. The van der Waals surface area contributed by atoms with E-state index in [9.17, 15) is 19.2 Å². The van der Waals surface area contributed by atoms with E-state index < -0.39 is 21.2 Å². The molecule has 0 bridgehead atoms. The van der Waals surface area contributed by atoms with Crippen LogP contribution in [0.2, 0.25) is 0 Å². The van der Waals surface area contributed by atoms with Crippen molar-refractivity contribution in [2.45, 2.75) is 0 Å². The number of carbonyl (C=O) groups is 4. The minimum absolute atomic E-state index is 0. The molecule has 0 atom stereocenters. The molecule has 0 aromatic heterocycles. The SMILES string of the molecule is O.O.O.O=C(O)SC(=O)O.O=C(O)SC(=O)O.[Na]. The van der Waals surface area contributed by atoms with Gasteiger partial charge in [-0.25, -0.2) is 19.2 Å². The van der Waals surface area contributed by atoms with Crippen LogP contribution in [-0.4, -0.2) is 87.6 Å². The van der Waals surface area contributed by atoms with Crippen molar-refractivity contribution in [2.24, 2.45) is 0 Å². The Hall–Kier alpha value is -0.540. The Balaban J connectivity index is -0.0000000327. The summed E-state index contributed by atoms with van der Waals surface area (Å²) in [6.07, 6.45) is 0. The summed E-state index contributed by atoms with van der Waals surface area (Å²) in [6.45, 7) is 0. The van der Waals surface area contributed by atoms with E-state index in [1.54, 1.807) is 0 Å². The topological polar surface area (TPSA) is 244 Å². The summed E-state index contributed by atoms with van der Waals surface area (Å²) < 4.78 is 0. The Bertz CT molecular complexity index is 205. The zero-order chi connectivity index (χ0) is 11.7. The molecule has 0 aromatic carbocycles. The van der Waals surface area contributed by atoms with Crippen molar-refractivity contribution in [2.75, 3.05) is 0 Å². The number of thioether (sulfide) groups is 2. The van der Waals surface area contributed by atoms with Crippen molar-refractivity contribution in [1.29, 1.82) is 0 Å². The second-order valence-corrected chi connectivity index (χ2v) is 3.07. The van der Waals surface area contributed by atoms with Crippen molar-refractivity contribution in [1.82, 2.24) is 0 Å². The minimum Gasteiger partial charge on any atom is -0.473 e. The summed E-state index contributed by atoms with van der Waals surface area (Å²) in [5.41, 5.74) is 0. The van der Waals surface area contributed by atoms with Gasteiger partial charge in [-0.2, -0.15) is 0 Å². The summed E-state index contributed by atoms with van der Waals surface area (Å²) >= 11 is -0.315. The molecule has 0 aromatic rings. The van der Waals surface area contributed by atoms with Gasteiger partial charge >= 0.3 is 21.2 Å². The van der Waals surface area contributed by atoms with E-state index in [2.05, 4.69) is 0 Å². The van der Waals surface area contributed by atoms with Gasteiger partial charge in [0, 0.05) is 29.6 Å². The van der Waals surface area contributed by atoms with Crippen LogP contribution in [-0.2, 0) is 0 Å². The predicted octanol–water partition coefficient (Wildman–Crippen LogP) is -0.704. The van der Waals surface area contributed by atoms with Crippen LogP contribution in [0.1, 0.15) is 0 Å². The second-order valence-electron chi connectivity index (χ2n) is 1.27. The zero-order valence-corrected chi connectivity index (χ0v) is 12.4. The van der Waals surface area contributed by atoms with E-state index >= 15 is 0 Å². The fourth-order valence-corrected chi connectivity index (χ4v) is 0.448. The van der Waals surface area contributed by atoms with Gasteiger partial charge in [0.05, 0.1) is 23.5 Å². The van der Waals surface area contributed by atoms with Gasteiger partial charge in [0.1, 0.15) is 0 Å². The van der Waals surface area contributed by atoms with Gasteiger partial charge in [0.25, 0.3) is 0 Å². The van der Waals surface area contributed by atoms with Gasteiger partial charge in [-0.15, -0.1) is 0 Å². The van der Waals surface area contributed by atoms with Crippen molar-refractivity contribution in [3.8, 4) is 0 Å². The van der Waals surface area contributed by atoms with E-state index in [-0.39, 0.29) is 69.5 Å². The molecule has 0 amide bonds. The third-order valence-electron chi connectivity index (χ3n) is 0.349. The molecule has 11 nitrogen and oxygen atoms in total. The van der Waals surface area contributed by atoms with E-state index in [1.165, 1.54) is 0 Å². The molecule has 0 spiro atoms. The van der Waals surface area contributed by atoms with Gasteiger partial charge in [-0.05, 0) is 0 Å². The van der Waals surface area contributed by atoms with E-state index in [4.69, 9.17) is 20.4 Å². The van der Waals surface area contributed by atoms with Gasteiger partial charge < -0.3 is 36.9 Å². The number of carboxylic acid groups (broad SMARTS) is 4. The predicted molar refractivity (Wildman–Crippen MR) is 63.9 cm³/mol. The smallest absolute Gasteiger partial charge is 0.376 e. The van der Waals surface area contributed by atoms with Crippen LogP contribution in [0.15, 0.2) is 0 Å². The quantitative estimate of drug-likeness (QED) is 0.408. The maximum Gasteiger partial charge on any atom is 0.376 e. The van der Waals surface area contributed by atoms with Crippen molar-refractivity contribution in [3.63, 3.8) is 0 Å². The Kier molecular flexibility index (Phi) is 43.5. The summed E-state index contributed by atoms with van der Waals surface area (Å²) in [5, 5.41) is 25.1. The Morgan fingerprint density at radius 3 is 0.667 bits per heavy atom. The van der Waals surface area contributed by atoms with Crippen LogP contribution in [0.25, 0.3) is 0 Å². The van der Waals surface area contributed by atoms with Gasteiger partial charge in [-0.3, -0.25) is 0 Å². The largest absolute Gasteiger partial charge is 0.473 e. The Morgan fingerprint density at radius 2 is 0.667 bits per heavy atom. The average Bonchev–Trinajstić information content (AvgIpc) is 1.79. The first-order chi connectivity index (χ1) is 6.25. The molecule has 0 saturated heterocycles. The zero-order valence-electron chi connectivity index (χ0n) is 8.74. The summed E-state index contributed by atoms with van der Waals surface area (Å²) in [7, 11) is 0. The second kappa shape index (κ2) is 21.7. The third kappa shape index (κ3) is 58.1. The molecule has 0 aliphatic rings. The van der Waals surface area contributed by atoms with Gasteiger partial charge in [0.2, 0.25) is 0 Å². The molecule has 1 radical (unpaired) electrons. The molecule has 18 heavy (non-hydrogen) atoms. The van der Waals surface area contributed by atoms with E-state index in [1.807, 2.05) is 0 Å². The molecule has 105 valence electrons. The molecule has 0 saturated carbocycles. The van der Waals surface area contributed by atoms with Crippen LogP contribution in [0.5, 0.6) is 0 Å². The first-order valence-corrected chi connectivity index (χ1v) is 4.16. The number of rotatable bonds is 0.